The predicted octanol–water partition coefficient (Wildman–Crippen LogP) is 1.55. The van der Waals surface area contributed by atoms with Gasteiger partial charge in [0.05, 0.1) is 6.20 Å². The van der Waals surface area contributed by atoms with Crippen LogP contribution in [0.5, 0.6) is 0 Å². The summed E-state index contributed by atoms with van der Waals surface area (Å²) in [6.07, 6.45) is 9.74. The van der Waals surface area contributed by atoms with Gasteiger partial charge >= 0.3 is 5.97 Å². The highest BCUT2D eigenvalue weighted by Gasteiger charge is 2.34. The molecule has 1 aromatic rings. The van der Waals surface area contributed by atoms with Crippen LogP contribution in [0.1, 0.15) is 55.4 Å². The third-order valence-electron chi connectivity index (χ3n) is 4.54. The minimum atomic E-state index is -1.13. The molecular weight excluding hydrogens is 284 g/mol. The fourth-order valence-electron chi connectivity index (χ4n) is 3.19. The van der Waals surface area contributed by atoms with E-state index in [1.807, 2.05) is 4.90 Å². The van der Waals surface area contributed by atoms with Gasteiger partial charge in [0, 0.05) is 12.6 Å². The normalized spacial score (nSPS) is 19.1. The molecule has 0 unspecified atom stereocenters. The summed E-state index contributed by atoms with van der Waals surface area (Å²) in [5, 5.41) is 16.1. The molecule has 0 aliphatic heterocycles. The average Bonchev–Trinajstić information content (AvgIpc) is 3.24. The first-order chi connectivity index (χ1) is 10.6. The zero-order valence-corrected chi connectivity index (χ0v) is 12.6. The number of carbonyl (C=O) groups is 2. The molecule has 1 N–H and O–H groups in total. The number of aromatic carboxylic acids is 1. The smallest absolute Gasteiger partial charge is 0.358 e. The maximum Gasteiger partial charge on any atom is 0.358 e. The quantitative estimate of drug-likeness (QED) is 0.861. The summed E-state index contributed by atoms with van der Waals surface area (Å²) >= 11 is 0. The summed E-state index contributed by atoms with van der Waals surface area (Å²) < 4.78 is 1.32. The lowest BCUT2D eigenvalue weighted by atomic mass is 9.89. The Hall–Kier alpha value is -1.92. The second kappa shape index (κ2) is 6.46. The van der Waals surface area contributed by atoms with E-state index in [0.29, 0.717) is 12.0 Å². The van der Waals surface area contributed by atoms with Crippen LogP contribution in [-0.2, 0) is 11.3 Å². The number of carbonyl (C=O) groups excluding carboxylic acids is 1. The Morgan fingerprint density at radius 3 is 2.55 bits per heavy atom. The molecule has 120 valence electrons. The second-order valence-corrected chi connectivity index (χ2v) is 6.39. The Balaban J connectivity index is 1.60. The minimum absolute atomic E-state index is 0.0231. The SMILES string of the molecule is O=C(O)c1cn(CC(=O)N(CC2CCCCC2)C2CC2)nn1. The third kappa shape index (κ3) is 3.64. The van der Waals surface area contributed by atoms with Gasteiger partial charge in [-0.2, -0.15) is 0 Å². The number of nitrogens with zero attached hydrogens (tertiary/aromatic N) is 4. The molecule has 0 radical (unpaired) electrons. The van der Waals surface area contributed by atoms with Gasteiger partial charge in [0.25, 0.3) is 0 Å². The molecule has 0 aromatic carbocycles. The van der Waals surface area contributed by atoms with Crippen LogP contribution in [-0.4, -0.2) is 49.5 Å². The number of carboxylic acid groups (broad SMARTS) is 1. The maximum absolute atomic E-state index is 12.5. The highest BCUT2D eigenvalue weighted by atomic mass is 16.4. The monoisotopic (exact) mass is 306 g/mol. The van der Waals surface area contributed by atoms with E-state index in [4.69, 9.17) is 5.11 Å². The Morgan fingerprint density at radius 2 is 1.95 bits per heavy atom. The number of aromatic nitrogens is 3. The van der Waals surface area contributed by atoms with Crippen LogP contribution in [0, 0.1) is 5.92 Å². The molecule has 7 heteroatoms. The van der Waals surface area contributed by atoms with E-state index in [9.17, 15) is 9.59 Å². The number of amides is 1. The highest BCUT2D eigenvalue weighted by molar-refractivity contribution is 5.84. The third-order valence-corrected chi connectivity index (χ3v) is 4.54. The Kier molecular flexibility index (Phi) is 4.40. The van der Waals surface area contributed by atoms with E-state index in [2.05, 4.69) is 10.3 Å². The van der Waals surface area contributed by atoms with Crippen LogP contribution < -0.4 is 0 Å². The van der Waals surface area contributed by atoms with Gasteiger partial charge in [-0.15, -0.1) is 5.10 Å². The molecular formula is C15H22N4O3. The fraction of sp³-hybridized carbons (Fsp3) is 0.733. The van der Waals surface area contributed by atoms with Crippen LogP contribution in [0.25, 0.3) is 0 Å². The molecule has 0 spiro atoms. The molecule has 7 nitrogen and oxygen atoms in total. The van der Waals surface area contributed by atoms with Gasteiger partial charge in [-0.05, 0) is 31.6 Å². The molecule has 2 aliphatic rings. The van der Waals surface area contributed by atoms with E-state index in [-0.39, 0.29) is 18.1 Å². The summed E-state index contributed by atoms with van der Waals surface area (Å²) in [7, 11) is 0. The van der Waals surface area contributed by atoms with Crippen LogP contribution in [0.2, 0.25) is 0 Å². The minimum Gasteiger partial charge on any atom is -0.476 e. The topological polar surface area (TPSA) is 88.3 Å². The first-order valence-electron chi connectivity index (χ1n) is 8.06. The zero-order chi connectivity index (χ0) is 15.5. The summed E-state index contributed by atoms with van der Waals surface area (Å²) in [5.74, 6) is -0.488. The van der Waals surface area contributed by atoms with Gasteiger partial charge in [0.2, 0.25) is 5.91 Å². The zero-order valence-electron chi connectivity index (χ0n) is 12.6. The molecule has 3 rings (SSSR count). The van der Waals surface area contributed by atoms with Crippen molar-refractivity contribution in [1.82, 2.24) is 19.9 Å². The molecule has 2 fully saturated rings. The lowest BCUT2D eigenvalue weighted by Gasteiger charge is -2.30. The van der Waals surface area contributed by atoms with Crippen molar-refractivity contribution < 1.29 is 14.7 Å². The van der Waals surface area contributed by atoms with Gasteiger partial charge in [-0.1, -0.05) is 24.5 Å². The van der Waals surface area contributed by atoms with Gasteiger partial charge in [-0.25, -0.2) is 9.48 Å². The first kappa shape index (κ1) is 15.0. The summed E-state index contributed by atoms with van der Waals surface area (Å²) in [6, 6.07) is 0.372. The van der Waals surface area contributed by atoms with Crippen molar-refractivity contribution in [2.45, 2.75) is 57.5 Å². The van der Waals surface area contributed by atoms with Gasteiger partial charge in [0.15, 0.2) is 5.69 Å². The average molecular weight is 306 g/mol. The van der Waals surface area contributed by atoms with E-state index in [0.717, 1.165) is 19.4 Å². The lowest BCUT2D eigenvalue weighted by Crippen LogP contribution is -2.39. The van der Waals surface area contributed by atoms with Crippen molar-refractivity contribution in [2.75, 3.05) is 6.54 Å². The standard InChI is InChI=1S/C15H22N4O3/c20-14(10-18-9-13(15(21)22)16-17-18)19(12-6-7-12)8-11-4-2-1-3-5-11/h9,11-12H,1-8,10H2,(H,21,22). The van der Waals surface area contributed by atoms with Gasteiger partial charge < -0.3 is 10.0 Å². The molecule has 2 aliphatic carbocycles. The number of hydrogen-bond acceptors (Lipinski definition) is 4. The van der Waals surface area contributed by atoms with Gasteiger partial charge in [0.1, 0.15) is 6.54 Å². The van der Waals surface area contributed by atoms with Crippen molar-refractivity contribution in [3.8, 4) is 0 Å². The molecule has 0 saturated heterocycles. The summed E-state index contributed by atoms with van der Waals surface area (Å²) in [5.41, 5.74) is -0.127. The van der Waals surface area contributed by atoms with Crippen molar-refractivity contribution >= 4 is 11.9 Å². The van der Waals surface area contributed by atoms with E-state index >= 15 is 0 Å². The molecule has 0 bridgehead atoms. The lowest BCUT2D eigenvalue weighted by molar-refractivity contribution is -0.133. The Labute approximate surface area is 129 Å². The number of carboxylic acids is 1. The molecule has 1 heterocycles. The molecule has 2 saturated carbocycles. The highest BCUT2D eigenvalue weighted by Crippen LogP contribution is 2.31. The van der Waals surface area contributed by atoms with Crippen molar-refractivity contribution in [3.05, 3.63) is 11.9 Å². The molecule has 1 aromatic heterocycles. The van der Waals surface area contributed by atoms with E-state index < -0.39 is 5.97 Å². The van der Waals surface area contributed by atoms with Crippen molar-refractivity contribution in [3.63, 3.8) is 0 Å². The van der Waals surface area contributed by atoms with Crippen LogP contribution in [0.15, 0.2) is 6.20 Å². The van der Waals surface area contributed by atoms with Crippen molar-refractivity contribution in [1.29, 1.82) is 0 Å². The Bertz CT molecular complexity index is 547. The summed E-state index contributed by atoms with van der Waals surface area (Å²) in [6.45, 7) is 0.910. The van der Waals surface area contributed by atoms with Crippen LogP contribution in [0.3, 0.4) is 0 Å². The number of rotatable bonds is 6. The van der Waals surface area contributed by atoms with Gasteiger partial charge in [-0.3, -0.25) is 4.79 Å². The van der Waals surface area contributed by atoms with Crippen molar-refractivity contribution in [2.24, 2.45) is 5.92 Å². The molecule has 22 heavy (non-hydrogen) atoms. The maximum atomic E-state index is 12.5. The van der Waals surface area contributed by atoms with E-state index in [1.54, 1.807) is 0 Å². The van der Waals surface area contributed by atoms with Crippen LogP contribution in [0.4, 0.5) is 0 Å². The molecule has 0 atom stereocenters. The van der Waals surface area contributed by atoms with Crippen LogP contribution >= 0.6 is 0 Å². The Morgan fingerprint density at radius 1 is 1.23 bits per heavy atom. The second-order valence-electron chi connectivity index (χ2n) is 6.39. The fourth-order valence-corrected chi connectivity index (χ4v) is 3.19. The predicted molar refractivity (Wildman–Crippen MR) is 78.3 cm³/mol. The summed E-state index contributed by atoms with van der Waals surface area (Å²) in [4.78, 5) is 25.3. The largest absolute Gasteiger partial charge is 0.476 e. The first-order valence-corrected chi connectivity index (χ1v) is 8.06. The van der Waals surface area contributed by atoms with E-state index in [1.165, 1.54) is 43.0 Å². The number of hydrogen-bond donors (Lipinski definition) is 1. The molecule has 1 amide bonds.